The Kier molecular flexibility index (Phi) is 5.83. The summed E-state index contributed by atoms with van der Waals surface area (Å²) in [5.41, 5.74) is -0.0215. The fourth-order valence-electron chi connectivity index (χ4n) is 3.36. The number of hydrogen-bond acceptors (Lipinski definition) is 2. The molecular formula is C20H28O2Si2. The first-order valence-electron chi connectivity index (χ1n) is 8.48. The van der Waals surface area contributed by atoms with Crippen molar-refractivity contribution in [1.82, 2.24) is 0 Å². The molecular weight excluding hydrogens is 328 g/mol. The Bertz CT molecular complexity index is 667. The van der Waals surface area contributed by atoms with E-state index in [-0.39, 0.29) is 11.5 Å². The molecule has 128 valence electrons. The number of esters is 1. The number of benzene rings is 2. The van der Waals surface area contributed by atoms with E-state index in [0.717, 1.165) is 6.04 Å². The van der Waals surface area contributed by atoms with Crippen LogP contribution >= 0.6 is 0 Å². The van der Waals surface area contributed by atoms with Gasteiger partial charge in [0.05, 0.1) is 28.8 Å². The van der Waals surface area contributed by atoms with Gasteiger partial charge in [0.2, 0.25) is 0 Å². The van der Waals surface area contributed by atoms with Gasteiger partial charge in [-0.3, -0.25) is 4.79 Å². The predicted octanol–water partition coefficient (Wildman–Crippen LogP) is 3.76. The standard InChI is InChI=1S/C20H28O2Si2/c1-22-20(21)19(24(4,5)18-14-10-7-11-15-18)16-23(2,3)17-12-8-6-9-13-17/h6-15,19H,16H2,1-5H3. The first kappa shape index (κ1) is 18.7. The zero-order valence-corrected chi connectivity index (χ0v) is 17.4. The lowest BCUT2D eigenvalue weighted by Crippen LogP contribution is -2.53. The van der Waals surface area contributed by atoms with Crippen LogP contribution in [0.15, 0.2) is 60.7 Å². The third-order valence-corrected chi connectivity index (χ3v) is 12.9. The average molecular weight is 357 g/mol. The molecule has 2 nitrogen and oxygen atoms in total. The molecule has 0 aliphatic rings. The largest absolute Gasteiger partial charge is 0.469 e. The Balaban J connectivity index is 2.38. The summed E-state index contributed by atoms with van der Waals surface area (Å²) >= 11 is 0. The SMILES string of the molecule is COC(=O)C(C[Si](C)(C)c1ccccc1)[Si](C)(C)c1ccccc1. The van der Waals surface area contributed by atoms with Crippen LogP contribution in [0.2, 0.25) is 37.8 Å². The number of ether oxygens (including phenoxy) is 1. The zero-order valence-electron chi connectivity index (χ0n) is 15.4. The quantitative estimate of drug-likeness (QED) is 0.582. The first-order valence-corrected chi connectivity index (χ1v) is 14.8. The molecule has 1 unspecified atom stereocenters. The Morgan fingerprint density at radius 3 is 1.79 bits per heavy atom. The fourth-order valence-corrected chi connectivity index (χ4v) is 11.6. The van der Waals surface area contributed by atoms with Crippen LogP contribution in [-0.2, 0) is 9.53 Å². The zero-order chi connectivity index (χ0) is 17.8. The number of carbonyl (C=O) groups excluding carboxylic acids is 1. The highest BCUT2D eigenvalue weighted by molar-refractivity contribution is 6.97. The van der Waals surface area contributed by atoms with Gasteiger partial charge in [-0.1, -0.05) is 97.2 Å². The summed E-state index contributed by atoms with van der Waals surface area (Å²) in [7, 11) is -2.19. The molecule has 0 saturated heterocycles. The second kappa shape index (κ2) is 7.49. The Labute approximate surface area is 147 Å². The summed E-state index contributed by atoms with van der Waals surface area (Å²) in [4.78, 5) is 12.7. The van der Waals surface area contributed by atoms with Gasteiger partial charge in [0.25, 0.3) is 0 Å². The van der Waals surface area contributed by atoms with Crippen LogP contribution in [0.25, 0.3) is 0 Å². The van der Waals surface area contributed by atoms with Crippen molar-refractivity contribution >= 4 is 32.5 Å². The van der Waals surface area contributed by atoms with Gasteiger partial charge >= 0.3 is 5.97 Å². The highest BCUT2D eigenvalue weighted by atomic mass is 28.3. The van der Waals surface area contributed by atoms with Gasteiger partial charge in [0.1, 0.15) is 0 Å². The van der Waals surface area contributed by atoms with Crippen molar-refractivity contribution in [3.05, 3.63) is 60.7 Å². The molecule has 0 heterocycles. The van der Waals surface area contributed by atoms with Gasteiger partial charge in [-0.2, -0.15) is 0 Å². The summed E-state index contributed by atoms with van der Waals surface area (Å²) in [5.74, 6) is -0.0491. The fraction of sp³-hybridized carbons (Fsp3) is 0.350. The monoisotopic (exact) mass is 356 g/mol. The van der Waals surface area contributed by atoms with Gasteiger partial charge in [0, 0.05) is 0 Å². The molecule has 4 heteroatoms. The van der Waals surface area contributed by atoms with E-state index < -0.39 is 16.1 Å². The molecule has 0 spiro atoms. The van der Waals surface area contributed by atoms with E-state index in [1.807, 2.05) is 6.07 Å². The normalized spacial score (nSPS) is 13.4. The molecule has 0 saturated carbocycles. The van der Waals surface area contributed by atoms with Gasteiger partial charge in [-0.15, -0.1) is 0 Å². The highest BCUT2D eigenvalue weighted by Gasteiger charge is 2.43. The average Bonchev–Trinajstić information content (AvgIpc) is 2.60. The molecule has 0 aliphatic carbocycles. The molecule has 0 aliphatic heterocycles. The van der Waals surface area contributed by atoms with E-state index >= 15 is 0 Å². The highest BCUT2D eigenvalue weighted by Crippen LogP contribution is 2.32. The number of carbonyl (C=O) groups is 1. The van der Waals surface area contributed by atoms with Crippen LogP contribution in [-0.4, -0.2) is 29.2 Å². The Hall–Kier alpha value is -1.66. The molecule has 0 amide bonds. The van der Waals surface area contributed by atoms with Crippen molar-refractivity contribution < 1.29 is 9.53 Å². The molecule has 0 N–H and O–H groups in total. The van der Waals surface area contributed by atoms with Crippen LogP contribution in [0.4, 0.5) is 0 Å². The number of methoxy groups -OCH3 is 1. The van der Waals surface area contributed by atoms with Gasteiger partial charge in [-0.05, 0) is 6.04 Å². The van der Waals surface area contributed by atoms with E-state index in [2.05, 4.69) is 80.8 Å². The van der Waals surface area contributed by atoms with Crippen LogP contribution < -0.4 is 10.4 Å². The number of rotatable bonds is 6. The molecule has 0 aromatic heterocycles. The van der Waals surface area contributed by atoms with Crippen molar-refractivity contribution in [3.8, 4) is 0 Å². The van der Waals surface area contributed by atoms with E-state index in [0.29, 0.717) is 0 Å². The summed E-state index contributed by atoms with van der Waals surface area (Å²) in [6.45, 7) is 9.29. The molecule has 0 radical (unpaired) electrons. The van der Waals surface area contributed by atoms with Crippen molar-refractivity contribution in [1.29, 1.82) is 0 Å². The smallest absolute Gasteiger partial charge is 0.305 e. The molecule has 2 aromatic rings. The molecule has 1 atom stereocenters. The maximum Gasteiger partial charge on any atom is 0.305 e. The van der Waals surface area contributed by atoms with Crippen molar-refractivity contribution in [2.75, 3.05) is 7.11 Å². The second-order valence-corrected chi connectivity index (χ2v) is 17.1. The maximum atomic E-state index is 12.7. The molecule has 2 aromatic carbocycles. The predicted molar refractivity (Wildman–Crippen MR) is 108 cm³/mol. The lowest BCUT2D eigenvalue weighted by atomic mass is 10.4. The topological polar surface area (TPSA) is 26.3 Å². The minimum Gasteiger partial charge on any atom is -0.469 e. The van der Waals surface area contributed by atoms with Crippen molar-refractivity contribution in [2.24, 2.45) is 0 Å². The molecule has 0 fully saturated rings. The number of hydrogen-bond donors (Lipinski definition) is 0. The lowest BCUT2D eigenvalue weighted by molar-refractivity contribution is -0.140. The minimum absolute atomic E-state index is 0.0215. The summed E-state index contributed by atoms with van der Waals surface area (Å²) in [5, 5.41) is 2.72. The van der Waals surface area contributed by atoms with Crippen molar-refractivity contribution in [3.63, 3.8) is 0 Å². The summed E-state index contributed by atoms with van der Waals surface area (Å²) in [6, 6.07) is 22.1. The van der Waals surface area contributed by atoms with Crippen LogP contribution in [0, 0.1) is 0 Å². The van der Waals surface area contributed by atoms with E-state index in [4.69, 9.17) is 4.74 Å². The van der Waals surface area contributed by atoms with Gasteiger partial charge in [-0.25, -0.2) is 0 Å². The maximum absolute atomic E-state index is 12.7. The summed E-state index contributed by atoms with van der Waals surface area (Å²) in [6.07, 6.45) is 0. The molecule has 0 bridgehead atoms. The van der Waals surface area contributed by atoms with Gasteiger partial charge < -0.3 is 4.74 Å². The molecule has 24 heavy (non-hydrogen) atoms. The Morgan fingerprint density at radius 1 is 0.875 bits per heavy atom. The minimum atomic E-state index is -1.98. The molecule has 2 rings (SSSR count). The first-order chi connectivity index (χ1) is 11.3. The van der Waals surface area contributed by atoms with Crippen LogP contribution in [0.3, 0.4) is 0 Å². The van der Waals surface area contributed by atoms with E-state index in [1.54, 1.807) is 0 Å². The second-order valence-electron chi connectivity index (χ2n) is 7.62. The van der Waals surface area contributed by atoms with Gasteiger partial charge in [0.15, 0.2) is 0 Å². The van der Waals surface area contributed by atoms with Crippen molar-refractivity contribution in [2.45, 2.75) is 37.8 Å². The van der Waals surface area contributed by atoms with Crippen LogP contribution in [0.5, 0.6) is 0 Å². The lowest BCUT2D eigenvalue weighted by Gasteiger charge is -2.36. The third kappa shape index (κ3) is 4.05. The van der Waals surface area contributed by atoms with E-state index in [1.165, 1.54) is 17.5 Å². The Morgan fingerprint density at radius 2 is 1.33 bits per heavy atom. The van der Waals surface area contributed by atoms with Crippen LogP contribution in [0.1, 0.15) is 0 Å². The van der Waals surface area contributed by atoms with E-state index in [9.17, 15) is 4.79 Å². The summed E-state index contributed by atoms with van der Waals surface area (Å²) < 4.78 is 5.22. The third-order valence-electron chi connectivity index (χ3n) is 5.14.